The van der Waals surface area contributed by atoms with Gasteiger partial charge in [-0.25, -0.2) is 0 Å². The first kappa shape index (κ1) is 18.7. The van der Waals surface area contributed by atoms with Crippen LogP contribution in [0.25, 0.3) is 0 Å². The lowest BCUT2D eigenvalue weighted by Gasteiger charge is -2.28. The molecule has 0 unspecified atom stereocenters. The normalized spacial score (nSPS) is 21.5. The maximum absolute atomic E-state index is 12.1. The first-order chi connectivity index (χ1) is 11.4. The van der Waals surface area contributed by atoms with Crippen LogP contribution >= 0.6 is 0 Å². The topological polar surface area (TPSA) is 52.6 Å². The second-order valence-electron chi connectivity index (χ2n) is 7.53. The molecule has 0 aliphatic heterocycles. The molecule has 24 heavy (non-hydrogen) atoms. The van der Waals surface area contributed by atoms with Gasteiger partial charge in [0.1, 0.15) is 5.78 Å². The average Bonchev–Trinajstić information content (AvgIpc) is 2.55. The number of hydrogen-bond donors (Lipinski definition) is 0. The number of esters is 1. The van der Waals surface area contributed by atoms with Crippen LogP contribution < -0.4 is 0 Å². The SMILES string of the molecule is CC(C)(C)C(=O)OCC[C@@H]1C[C@@H](OCc2ccccc2)CCC1=O. The van der Waals surface area contributed by atoms with E-state index in [9.17, 15) is 9.59 Å². The Morgan fingerprint density at radius 3 is 2.58 bits per heavy atom. The van der Waals surface area contributed by atoms with Gasteiger partial charge in [-0.1, -0.05) is 30.3 Å². The standard InChI is InChI=1S/C20H28O4/c1-20(2,3)19(22)23-12-11-16-13-17(9-10-18(16)21)24-14-15-7-5-4-6-8-15/h4-8,16-17H,9-14H2,1-3H3/t16-,17+/m1/s1. The van der Waals surface area contributed by atoms with E-state index in [0.29, 0.717) is 26.1 Å². The first-order valence-electron chi connectivity index (χ1n) is 8.71. The van der Waals surface area contributed by atoms with Crippen molar-refractivity contribution in [3.05, 3.63) is 35.9 Å². The van der Waals surface area contributed by atoms with Crippen molar-refractivity contribution in [1.82, 2.24) is 0 Å². The van der Waals surface area contributed by atoms with Crippen LogP contribution in [0.5, 0.6) is 0 Å². The summed E-state index contributed by atoms with van der Waals surface area (Å²) in [5.74, 6) is -0.0173. The van der Waals surface area contributed by atoms with Crippen LogP contribution in [0, 0.1) is 11.3 Å². The first-order valence-corrected chi connectivity index (χ1v) is 8.71. The minimum Gasteiger partial charge on any atom is -0.465 e. The number of hydrogen-bond acceptors (Lipinski definition) is 4. The Kier molecular flexibility index (Phi) is 6.55. The number of rotatable bonds is 6. The van der Waals surface area contributed by atoms with Crippen LogP contribution in [0.15, 0.2) is 30.3 Å². The Labute approximate surface area is 144 Å². The van der Waals surface area contributed by atoms with Gasteiger partial charge in [-0.2, -0.15) is 0 Å². The molecule has 0 bridgehead atoms. The van der Waals surface area contributed by atoms with E-state index in [1.54, 1.807) is 0 Å². The van der Waals surface area contributed by atoms with Gasteiger partial charge >= 0.3 is 5.97 Å². The highest BCUT2D eigenvalue weighted by Crippen LogP contribution is 2.27. The molecule has 1 aliphatic rings. The summed E-state index contributed by atoms with van der Waals surface area (Å²) in [4.78, 5) is 23.9. The smallest absolute Gasteiger partial charge is 0.311 e. The summed E-state index contributed by atoms with van der Waals surface area (Å²) in [6, 6.07) is 10.1. The van der Waals surface area contributed by atoms with Crippen molar-refractivity contribution in [2.45, 2.75) is 59.2 Å². The lowest BCUT2D eigenvalue weighted by atomic mass is 9.84. The Bertz CT molecular complexity index is 545. The quantitative estimate of drug-likeness (QED) is 0.741. The number of ketones is 1. The fraction of sp³-hybridized carbons (Fsp3) is 0.600. The van der Waals surface area contributed by atoms with Gasteiger partial charge in [0.2, 0.25) is 0 Å². The van der Waals surface area contributed by atoms with Crippen LogP contribution in [0.2, 0.25) is 0 Å². The Hall–Kier alpha value is -1.68. The molecule has 1 aromatic carbocycles. The lowest BCUT2D eigenvalue weighted by Crippen LogP contribution is -2.31. The maximum atomic E-state index is 12.1. The molecular weight excluding hydrogens is 304 g/mol. The third-order valence-corrected chi connectivity index (χ3v) is 4.36. The monoisotopic (exact) mass is 332 g/mol. The number of ether oxygens (including phenoxy) is 2. The van der Waals surface area contributed by atoms with Crippen molar-refractivity contribution in [2.24, 2.45) is 11.3 Å². The summed E-state index contributed by atoms with van der Waals surface area (Å²) in [5, 5.41) is 0. The van der Waals surface area contributed by atoms with Crippen LogP contribution in [0.1, 0.15) is 52.0 Å². The average molecular weight is 332 g/mol. The summed E-state index contributed by atoms with van der Waals surface area (Å²) < 4.78 is 11.3. The van der Waals surface area contributed by atoms with Gasteiger partial charge in [0.05, 0.1) is 24.7 Å². The van der Waals surface area contributed by atoms with Crippen molar-refractivity contribution in [3.63, 3.8) is 0 Å². The van der Waals surface area contributed by atoms with Crippen LogP contribution in [-0.2, 0) is 25.7 Å². The van der Waals surface area contributed by atoms with Crippen LogP contribution in [-0.4, -0.2) is 24.5 Å². The van der Waals surface area contributed by atoms with E-state index in [1.165, 1.54) is 0 Å². The van der Waals surface area contributed by atoms with E-state index in [0.717, 1.165) is 18.4 Å². The van der Waals surface area contributed by atoms with Gasteiger partial charge < -0.3 is 9.47 Å². The number of carbonyl (C=O) groups is 2. The second kappa shape index (κ2) is 8.43. The zero-order valence-corrected chi connectivity index (χ0v) is 14.9. The molecule has 132 valence electrons. The minimum absolute atomic E-state index is 0.0627. The summed E-state index contributed by atoms with van der Waals surface area (Å²) >= 11 is 0. The summed E-state index contributed by atoms with van der Waals surface area (Å²) in [5.41, 5.74) is 0.641. The summed E-state index contributed by atoms with van der Waals surface area (Å²) in [6.45, 7) is 6.36. The van der Waals surface area contributed by atoms with Gasteiger partial charge in [-0.3, -0.25) is 9.59 Å². The van der Waals surface area contributed by atoms with Crippen molar-refractivity contribution in [1.29, 1.82) is 0 Å². The van der Waals surface area contributed by atoms with Gasteiger partial charge in [0, 0.05) is 12.3 Å². The predicted molar refractivity (Wildman–Crippen MR) is 92.4 cm³/mol. The molecule has 0 radical (unpaired) electrons. The molecular formula is C20H28O4. The lowest BCUT2D eigenvalue weighted by molar-refractivity contribution is -0.154. The van der Waals surface area contributed by atoms with E-state index in [-0.39, 0.29) is 23.8 Å². The third-order valence-electron chi connectivity index (χ3n) is 4.36. The molecule has 2 rings (SSSR count). The third kappa shape index (κ3) is 5.75. The highest BCUT2D eigenvalue weighted by atomic mass is 16.5. The number of benzene rings is 1. The highest BCUT2D eigenvalue weighted by molar-refractivity contribution is 5.82. The molecule has 0 heterocycles. The predicted octanol–water partition coefficient (Wildman–Crippen LogP) is 3.92. The number of carbonyl (C=O) groups excluding carboxylic acids is 2. The van der Waals surface area contributed by atoms with Crippen LogP contribution in [0.4, 0.5) is 0 Å². The zero-order valence-electron chi connectivity index (χ0n) is 14.9. The molecule has 0 amide bonds. The molecule has 1 aliphatic carbocycles. The fourth-order valence-electron chi connectivity index (χ4n) is 2.80. The zero-order chi connectivity index (χ0) is 17.6. The van der Waals surface area contributed by atoms with Crippen molar-refractivity contribution < 1.29 is 19.1 Å². The number of Topliss-reactive ketones (excluding diaryl/α,β-unsaturated/α-hetero) is 1. The molecule has 1 aromatic rings. The van der Waals surface area contributed by atoms with Crippen molar-refractivity contribution in [3.8, 4) is 0 Å². The summed E-state index contributed by atoms with van der Waals surface area (Å²) in [6.07, 6.45) is 2.75. The van der Waals surface area contributed by atoms with Gasteiger partial charge in [-0.05, 0) is 45.6 Å². The van der Waals surface area contributed by atoms with Gasteiger partial charge in [0.15, 0.2) is 0 Å². The fourth-order valence-corrected chi connectivity index (χ4v) is 2.80. The van der Waals surface area contributed by atoms with Crippen molar-refractivity contribution >= 4 is 11.8 Å². The highest BCUT2D eigenvalue weighted by Gasteiger charge is 2.30. The molecule has 2 atom stereocenters. The Morgan fingerprint density at radius 2 is 1.92 bits per heavy atom. The largest absolute Gasteiger partial charge is 0.465 e. The summed E-state index contributed by atoms with van der Waals surface area (Å²) in [7, 11) is 0. The van der Waals surface area contributed by atoms with Gasteiger partial charge in [-0.15, -0.1) is 0 Å². The van der Waals surface area contributed by atoms with Gasteiger partial charge in [0.25, 0.3) is 0 Å². The molecule has 0 N–H and O–H groups in total. The van der Waals surface area contributed by atoms with E-state index in [1.807, 2.05) is 51.1 Å². The van der Waals surface area contributed by atoms with E-state index in [2.05, 4.69) is 0 Å². The van der Waals surface area contributed by atoms with Crippen molar-refractivity contribution in [2.75, 3.05) is 6.61 Å². The van der Waals surface area contributed by atoms with E-state index >= 15 is 0 Å². The molecule has 1 saturated carbocycles. The molecule has 1 fully saturated rings. The second-order valence-corrected chi connectivity index (χ2v) is 7.53. The molecule has 0 spiro atoms. The van der Waals surface area contributed by atoms with Crippen LogP contribution in [0.3, 0.4) is 0 Å². The molecule has 0 saturated heterocycles. The maximum Gasteiger partial charge on any atom is 0.311 e. The molecule has 4 heteroatoms. The molecule has 4 nitrogen and oxygen atoms in total. The molecule has 0 aromatic heterocycles. The Balaban J connectivity index is 1.76. The van der Waals surface area contributed by atoms with E-state index in [4.69, 9.17) is 9.47 Å². The minimum atomic E-state index is -0.502. The van der Waals surface area contributed by atoms with E-state index < -0.39 is 5.41 Å². The Morgan fingerprint density at radius 1 is 1.21 bits per heavy atom.